The lowest BCUT2D eigenvalue weighted by atomic mass is 9.84. The van der Waals surface area contributed by atoms with Crippen LogP contribution in [0.15, 0.2) is 24.3 Å². The molecule has 1 amide bonds. The van der Waals surface area contributed by atoms with Gasteiger partial charge in [0.05, 0.1) is 6.04 Å². The number of piperidine rings is 1. The van der Waals surface area contributed by atoms with Crippen molar-refractivity contribution in [3.8, 4) is 0 Å². The summed E-state index contributed by atoms with van der Waals surface area (Å²) in [7, 11) is 0. The van der Waals surface area contributed by atoms with Crippen molar-refractivity contribution in [2.45, 2.75) is 50.8 Å². The van der Waals surface area contributed by atoms with Crippen LogP contribution in [-0.4, -0.2) is 46.3 Å². The number of rotatable bonds is 1. The minimum absolute atomic E-state index is 0.0236. The first kappa shape index (κ1) is 15.6. The normalized spacial score (nSPS) is 26.0. The fourth-order valence-corrected chi connectivity index (χ4v) is 3.40. The highest BCUT2D eigenvalue weighted by molar-refractivity contribution is 5.81. The van der Waals surface area contributed by atoms with Crippen LogP contribution in [0.4, 0.5) is 10.5 Å². The molecular weight excluding hydrogens is 296 g/mol. The standard InChI is InChI=1S/C17H22N2O4/c1-17(2,3)23-16(22)19-9-13-11(8-14(19)15(20)21)10-6-4-5-7-12(10)18-13/h4-7,11,13-14,18H,8-9H2,1-3H3,(H,20,21)/t11?,13?,14-/m1/s1. The van der Waals surface area contributed by atoms with Crippen molar-refractivity contribution >= 4 is 17.7 Å². The summed E-state index contributed by atoms with van der Waals surface area (Å²) in [5, 5.41) is 13.0. The molecule has 1 fully saturated rings. The van der Waals surface area contributed by atoms with Crippen molar-refractivity contribution in [1.29, 1.82) is 0 Å². The molecule has 2 aliphatic rings. The van der Waals surface area contributed by atoms with Gasteiger partial charge < -0.3 is 15.2 Å². The largest absolute Gasteiger partial charge is 0.480 e. The van der Waals surface area contributed by atoms with Crippen LogP contribution < -0.4 is 5.32 Å². The highest BCUT2D eigenvalue weighted by atomic mass is 16.6. The first-order valence-electron chi connectivity index (χ1n) is 7.84. The van der Waals surface area contributed by atoms with E-state index in [0.29, 0.717) is 13.0 Å². The van der Waals surface area contributed by atoms with Gasteiger partial charge in [-0.3, -0.25) is 4.90 Å². The summed E-state index contributed by atoms with van der Waals surface area (Å²) >= 11 is 0. The highest BCUT2D eigenvalue weighted by Gasteiger charge is 2.46. The lowest BCUT2D eigenvalue weighted by Crippen LogP contribution is -2.56. The van der Waals surface area contributed by atoms with Gasteiger partial charge in [-0.05, 0) is 38.8 Å². The molecule has 1 aromatic carbocycles. The molecule has 6 heteroatoms. The number of ether oxygens (including phenoxy) is 1. The number of anilines is 1. The summed E-state index contributed by atoms with van der Waals surface area (Å²) in [5.74, 6) is -0.885. The van der Waals surface area contributed by atoms with E-state index in [9.17, 15) is 14.7 Å². The summed E-state index contributed by atoms with van der Waals surface area (Å²) in [6.07, 6.45) is -0.176. The number of nitrogens with zero attached hydrogens (tertiary/aromatic N) is 1. The third-order valence-electron chi connectivity index (χ3n) is 4.35. The Balaban J connectivity index is 1.84. The Bertz CT molecular complexity index is 638. The number of likely N-dealkylation sites (tertiary alicyclic amines) is 1. The number of hydrogen-bond donors (Lipinski definition) is 2. The lowest BCUT2D eigenvalue weighted by Gasteiger charge is -2.40. The maximum absolute atomic E-state index is 12.4. The molecule has 3 atom stereocenters. The third-order valence-corrected chi connectivity index (χ3v) is 4.35. The second-order valence-corrected chi connectivity index (χ2v) is 7.17. The number of hydrogen-bond acceptors (Lipinski definition) is 4. The molecule has 0 spiro atoms. The van der Waals surface area contributed by atoms with E-state index >= 15 is 0 Å². The van der Waals surface area contributed by atoms with Crippen LogP contribution in [0.5, 0.6) is 0 Å². The quantitative estimate of drug-likeness (QED) is 0.832. The molecule has 6 nitrogen and oxygen atoms in total. The van der Waals surface area contributed by atoms with Gasteiger partial charge in [0.25, 0.3) is 0 Å². The van der Waals surface area contributed by atoms with Gasteiger partial charge in [-0.15, -0.1) is 0 Å². The molecule has 3 rings (SSSR count). The first-order valence-corrected chi connectivity index (χ1v) is 7.84. The molecule has 0 radical (unpaired) electrons. The zero-order valence-electron chi connectivity index (χ0n) is 13.6. The number of amides is 1. The molecule has 2 unspecified atom stereocenters. The number of carboxylic acid groups (broad SMARTS) is 1. The summed E-state index contributed by atoms with van der Waals surface area (Å²) in [4.78, 5) is 25.4. The van der Waals surface area contributed by atoms with Crippen molar-refractivity contribution in [3.63, 3.8) is 0 Å². The van der Waals surface area contributed by atoms with Crippen molar-refractivity contribution in [1.82, 2.24) is 4.90 Å². The van der Waals surface area contributed by atoms with Crippen LogP contribution in [-0.2, 0) is 9.53 Å². The third kappa shape index (κ3) is 2.98. The average molecular weight is 318 g/mol. The van der Waals surface area contributed by atoms with Crippen LogP contribution in [0.2, 0.25) is 0 Å². The van der Waals surface area contributed by atoms with Crippen molar-refractivity contribution < 1.29 is 19.4 Å². The van der Waals surface area contributed by atoms with Gasteiger partial charge >= 0.3 is 12.1 Å². The Morgan fingerprint density at radius 3 is 2.65 bits per heavy atom. The van der Waals surface area contributed by atoms with Gasteiger partial charge in [-0.1, -0.05) is 18.2 Å². The molecule has 2 heterocycles. The van der Waals surface area contributed by atoms with Crippen LogP contribution in [0, 0.1) is 0 Å². The van der Waals surface area contributed by atoms with Gasteiger partial charge in [-0.2, -0.15) is 0 Å². The van der Waals surface area contributed by atoms with Gasteiger partial charge in [0.1, 0.15) is 11.6 Å². The monoisotopic (exact) mass is 318 g/mol. The molecule has 0 aliphatic carbocycles. The number of nitrogens with one attached hydrogen (secondary N) is 1. The number of fused-ring (bicyclic) bond motifs is 3. The number of carboxylic acids is 1. The van der Waals surface area contributed by atoms with Gasteiger partial charge in [-0.25, -0.2) is 9.59 Å². The Morgan fingerprint density at radius 2 is 2.00 bits per heavy atom. The summed E-state index contributed by atoms with van der Waals surface area (Å²) in [6, 6.07) is 7.08. The summed E-state index contributed by atoms with van der Waals surface area (Å²) < 4.78 is 5.38. The van der Waals surface area contributed by atoms with E-state index in [1.807, 2.05) is 24.3 Å². The summed E-state index contributed by atoms with van der Waals surface area (Å²) in [5.41, 5.74) is 1.51. The number of carbonyl (C=O) groups excluding carboxylic acids is 1. The molecule has 2 N–H and O–H groups in total. The molecular formula is C17H22N2O4. The summed E-state index contributed by atoms with van der Waals surface area (Å²) in [6.45, 7) is 5.65. The molecule has 124 valence electrons. The second kappa shape index (κ2) is 5.44. The van der Waals surface area contributed by atoms with Gasteiger partial charge in [0.15, 0.2) is 0 Å². The van der Waals surface area contributed by atoms with E-state index in [-0.39, 0.29) is 12.0 Å². The Hall–Kier alpha value is -2.24. The molecule has 0 bridgehead atoms. The number of aliphatic carboxylic acids is 1. The second-order valence-electron chi connectivity index (χ2n) is 7.17. The Kier molecular flexibility index (Phi) is 3.70. The van der Waals surface area contributed by atoms with Crippen molar-refractivity contribution in [2.75, 3.05) is 11.9 Å². The zero-order chi connectivity index (χ0) is 16.8. The number of carbonyl (C=O) groups is 2. The van der Waals surface area contributed by atoms with E-state index < -0.39 is 23.7 Å². The predicted molar refractivity (Wildman–Crippen MR) is 85.6 cm³/mol. The minimum Gasteiger partial charge on any atom is -0.480 e. The average Bonchev–Trinajstić information content (AvgIpc) is 2.81. The SMILES string of the molecule is CC(C)(C)OC(=O)N1CC2Nc3ccccc3C2C[C@@H]1C(=O)O. The van der Waals surface area contributed by atoms with E-state index in [0.717, 1.165) is 11.3 Å². The fourth-order valence-electron chi connectivity index (χ4n) is 3.40. The van der Waals surface area contributed by atoms with Gasteiger partial charge in [0, 0.05) is 18.2 Å². The molecule has 0 saturated carbocycles. The highest BCUT2D eigenvalue weighted by Crippen LogP contribution is 2.42. The van der Waals surface area contributed by atoms with Crippen molar-refractivity contribution in [2.24, 2.45) is 0 Å². The molecule has 1 saturated heterocycles. The zero-order valence-corrected chi connectivity index (χ0v) is 13.6. The Labute approximate surface area is 135 Å². The molecule has 1 aromatic rings. The first-order chi connectivity index (χ1) is 10.8. The van der Waals surface area contributed by atoms with E-state index in [2.05, 4.69) is 5.32 Å². The molecule has 2 aliphatic heterocycles. The smallest absolute Gasteiger partial charge is 0.411 e. The van der Waals surface area contributed by atoms with E-state index in [4.69, 9.17) is 4.74 Å². The van der Waals surface area contributed by atoms with Crippen LogP contribution in [0.3, 0.4) is 0 Å². The number of benzene rings is 1. The maximum atomic E-state index is 12.4. The van der Waals surface area contributed by atoms with Crippen LogP contribution in [0.25, 0.3) is 0 Å². The van der Waals surface area contributed by atoms with Crippen molar-refractivity contribution in [3.05, 3.63) is 29.8 Å². The minimum atomic E-state index is -0.987. The fraction of sp³-hybridized carbons (Fsp3) is 0.529. The predicted octanol–water partition coefficient (Wildman–Crippen LogP) is 2.66. The van der Waals surface area contributed by atoms with E-state index in [1.54, 1.807) is 20.8 Å². The van der Waals surface area contributed by atoms with E-state index in [1.165, 1.54) is 4.90 Å². The topological polar surface area (TPSA) is 78.9 Å². The van der Waals surface area contributed by atoms with Gasteiger partial charge in [0.2, 0.25) is 0 Å². The lowest BCUT2D eigenvalue weighted by molar-refractivity contribution is -0.144. The molecule has 0 aromatic heterocycles. The number of para-hydroxylation sites is 1. The Morgan fingerprint density at radius 1 is 1.30 bits per heavy atom. The van der Waals surface area contributed by atoms with Crippen LogP contribution in [0.1, 0.15) is 38.7 Å². The maximum Gasteiger partial charge on any atom is 0.411 e. The molecule has 23 heavy (non-hydrogen) atoms. The van der Waals surface area contributed by atoms with Crippen LogP contribution >= 0.6 is 0 Å².